The lowest BCUT2D eigenvalue weighted by molar-refractivity contribution is -0.0192. The standard InChI is InChI=1S/4C19H29NO3/c4*1-12(2)5-14-9-20-4-3-13-6-15(10-21)16(11-22)7-17(13)18(20)8-19(14)23/h4*6-7,12,14,18-19,21-23H,3-5,8-11H2,1-2H3/t2*14-,18+,19+;2*14-,18+,19-/m1010/s1. The van der Waals surface area contributed by atoms with Gasteiger partial charge >= 0.3 is 0 Å². The highest BCUT2D eigenvalue weighted by molar-refractivity contribution is 5.45. The summed E-state index contributed by atoms with van der Waals surface area (Å²) >= 11 is 0. The Bertz CT molecular complexity index is 2630. The van der Waals surface area contributed by atoms with Crippen molar-refractivity contribution < 1.29 is 61.3 Å². The molecule has 0 saturated carbocycles. The Balaban J connectivity index is 0.000000145. The average Bonchev–Trinajstić information content (AvgIpc) is 0.860. The van der Waals surface area contributed by atoms with Crippen LogP contribution < -0.4 is 0 Å². The summed E-state index contributed by atoms with van der Waals surface area (Å²) in [6, 6.07) is 17.4. The third-order valence-corrected chi connectivity index (χ3v) is 22.1. The third-order valence-electron chi connectivity index (χ3n) is 22.1. The summed E-state index contributed by atoms with van der Waals surface area (Å²) in [4.78, 5) is 10.0. The molecule has 4 aromatic rings. The lowest BCUT2D eigenvalue weighted by atomic mass is 9.78. The topological polar surface area (TPSA) is 256 Å². The molecule has 4 aromatic carbocycles. The van der Waals surface area contributed by atoms with E-state index in [1.807, 2.05) is 48.5 Å². The molecule has 0 spiro atoms. The van der Waals surface area contributed by atoms with Gasteiger partial charge in [0.25, 0.3) is 0 Å². The molecular formula is C76H116N4O12. The van der Waals surface area contributed by atoms with Crippen molar-refractivity contribution in [3.8, 4) is 0 Å². The molecule has 16 nitrogen and oxygen atoms in total. The third kappa shape index (κ3) is 17.0. The van der Waals surface area contributed by atoms with E-state index in [9.17, 15) is 61.3 Å². The fraction of sp³-hybridized carbons (Fsp3) is 0.684. The van der Waals surface area contributed by atoms with Crippen molar-refractivity contribution in [2.45, 2.75) is 234 Å². The number of fused-ring (bicyclic) bond motifs is 12. The van der Waals surface area contributed by atoms with Gasteiger partial charge < -0.3 is 61.3 Å². The van der Waals surface area contributed by atoms with Crippen LogP contribution in [0.2, 0.25) is 0 Å². The number of aliphatic hydroxyl groups excluding tert-OH is 12. The summed E-state index contributed by atoms with van der Waals surface area (Å²) in [6.45, 7) is 25.3. The van der Waals surface area contributed by atoms with Gasteiger partial charge in [0.2, 0.25) is 0 Å². The van der Waals surface area contributed by atoms with Crippen LogP contribution in [0.5, 0.6) is 0 Å². The fourth-order valence-electron chi connectivity index (χ4n) is 17.5. The van der Waals surface area contributed by atoms with Crippen LogP contribution in [0.1, 0.15) is 220 Å². The number of rotatable bonds is 16. The SMILES string of the molecule is CC(C)C[C@@H]1CN2CCc3cc(CO)c(CO)cc3[C@@H]2C[C@@H]1O.CC(C)C[C@@H]1CN2CCc3cc(CO)c(CO)cc3[C@@H]2C[C@H]1O.CC(C)C[C@H]1CN2CCc3cc(CO)c(CO)cc3[C@H]2C[C@@H]1O.CC(C)C[C@H]1CN2CCc3cc(CO)c(CO)cc3[C@H]2C[C@H]1O. The monoisotopic (exact) mass is 1280 g/mol. The Hall–Kier alpha value is -3.76. The number of nitrogens with zero attached hydrogens (tertiary/aromatic N) is 4. The van der Waals surface area contributed by atoms with Gasteiger partial charge in [-0.1, -0.05) is 104 Å². The zero-order valence-electron chi connectivity index (χ0n) is 56.8. The Morgan fingerprint density at radius 2 is 0.467 bits per heavy atom. The highest BCUT2D eigenvalue weighted by Crippen LogP contribution is 2.46. The van der Waals surface area contributed by atoms with E-state index in [-0.39, 0.29) is 101 Å². The van der Waals surface area contributed by atoms with Crippen molar-refractivity contribution in [2.75, 3.05) is 52.4 Å². The van der Waals surface area contributed by atoms with Crippen molar-refractivity contribution in [1.82, 2.24) is 19.6 Å². The first-order chi connectivity index (χ1) is 44.1. The predicted octanol–water partition coefficient (Wildman–Crippen LogP) is 7.99. The molecule has 4 saturated heterocycles. The summed E-state index contributed by atoms with van der Waals surface area (Å²) in [5, 5.41) is 119. The highest BCUT2D eigenvalue weighted by atomic mass is 16.3. The molecule has 0 amide bonds. The van der Waals surface area contributed by atoms with Crippen LogP contribution in [0.15, 0.2) is 48.5 Å². The highest BCUT2D eigenvalue weighted by Gasteiger charge is 2.43. The molecule has 16 heteroatoms. The van der Waals surface area contributed by atoms with Crippen molar-refractivity contribution in [2.24, 2.45) is 47.3 Å². The van der Waals surface area contributed by atoms with Crippen LogP contribution in [0.3, 0.4) is 0 Å². The molecule has 92 heavy (non-hydrogen) atoms. The van der Waals surface area contributed by atoms with Crippen molar-refractivity contribution in [1.29, 1.82) is 0 Å². The molecule has 8 aliphatic heterocycles. The van der Waals surface area contributed by atoms with Crippen LogP contribution in [-0.4, -0.2) is 158 Å². The van der Waals surface area contributed by atoms with E-state index in [0.717, 1.165) is 174 Å². The zero-order valence-corrected chi connectivity index (χ0v) is 56.8. The van der Waals surface area contributed by atoms with E-state index in [2.05, 4.69) is 75.0 Å². The maximum Gasteiger partial charge on any atom is 0.0685 e. The maximum atomic E-state index is 10.6. The van der Waals surface area contributed by atoms with Gasteiger partial charge in [0, 0.05) is 76.5 Å². The second-order valence-electron chi connectivity index (χ2n) is 30.4. The Kier molecular flexibility index (Phi) is 26.0. The zero-order chi connectivity index (χ0) is 66.2. The predicted molar refractivity (Wildman–Crippen MR) is 359 cm³/mol. The van der Waals surface area contributed by atoms with Crippen LogP contribution in [0.25, 0.3) is 0 Å². The van der Waals surface area contributed by atoms with E-state index < -0.39 is 0 Å². The van der Waals surface area contributed by atoms with Gasteiger partial charge in [-0.3, -0.25) is 19.6 Å². The summed E-state index contributed by atoms with van der Waals surface area (Å²) in [5.41, 5.74) is 16.6. The lowest BCUT2D eigenvalue weighted by Crippen LogP contribution is -2.48. The van der Waals surface area contributed by atoms with Gasteiger partial charge in [0.1, 0.15) is 0 Å². The quantitative estimate of drug-likeness (QED) is 0.0508. The molecule has 0 aliphatic carbocycles. The molecule has 12 rings (SSSR count). The van der Waals surface area contributed by atoms with E-state index in [0.29, 0.717) is 47.3 Å². The van der Waals surface area contributed by atoms with Gasteiger partial charge in [-0.05, 0) is 213 Å². The van der Waals surface area contributed by atoms with Gasteiger partial charge in [0.15, 0.2) is 0 Å². The second-order valence-corrected chi connectivity index (χ2v) is 30.4. The van der Waals surface area contributed by atoms with Gasteiger partial charge in [-0.15, -0.1) is 0 Å². The van der Waals surface area contributed by atoms with Crippen LogP contribution in [0.4, 0.5) is 0 Å². The molecule has 12 atom stereocenters. The largest absolute Gasteiger partial charge is 0.393 e. The maximum absolute atomic E-state index is 10.6. The summed E-state index contributed by atoms with van der Waals surface area (Å²) in [6.07, 6.45) is 10.3. The Labute approximate surface area is 549 Å². The van der Waals surface area contributed by atoms with Crippen molar-refractivity contribution in [3.05, 3.63) is 138 Å². The minimum absolute atomic E-state index is 0.0311. The van der Waals surface area contributed by atoms with E-state index >= 15 is 0 Å². The van der Waals surface area contributed by atoms with E-state index in [1.54, 1.807) is 0 Å². The van der Waals surface area contributed by atoms with E-state index in [1.165, 1.54) is 44.5 Å². The normalized spacial score (nSPS) is 27.8. The second kappa shape index (κ2) is 33.0. The molecule has 8 aliphatic rings. The number of piperidine rings is 4. The molecule has 4 fully saturated rings. The minimum Gasteiger partial charge on any atom is -0.393 e. The smallest absolute Gasteiger partial charge is 0.0685 e. The van der Waals surface area contributed by atoms with Gasteiger partial charge in [0.05, 0.1) is 77.3 Å². The lowest BCUT2D eigenvalue weighted by Gasteiger charge is -2.46. The van der Waals surface area contributed by atoms with Gasteiger partial charge in [-0.25, -0.2) is 0 Å². The Morgan fingerprint density at radius 3 is 0.630 bits per heavy atom. The van der Waals surface area contributed by atoms with Crippen LogP contribution in [-0.2, 0) is 78.5 Å². The van der Waals surface area contributed by atoms with Gasteiger partial charge in [-0.2, -0.15) is 0 Å². The fourth-order valence-corrected chi connectivity index (χ4v) is 17.5. The average molecular weight is 1280 g/mol. The van der Waals surface area contributed by atoms with Crippen molar-refractivity contribution >= 4 is 0 Å². The molecule has 0 radical (unpaired) electrons. The molecule has 12 N–H and O–H groups in total. The Morgan fingerprint density at radius 1 is 0.293 bits per heavy atom. The molecule has 0 unspecified atom stereocenters. The van der Waals surface area contributed by atoms with Crippen molar-refractivity contribution in [3.63, 3.8) is 0 Å². The van der Waals surface area contributed by atoms with Crippen LogP contribution in [0, 0.1) is 47.3 Å². The minimum atomic E-state index is -0.250. The summed E-state index contributed by atoms with van der Waals surface area (Å²) < 4.78 is 0. The molecule has 0 aromatic heterocycles. The van der Waals surface area contributed by atoms with E-state index in [4.69, 9.17) is 0 Å². The number of hydrogen-bond donors (Lipinski definition) is 12. The number of benzene rings is 4. The molecular weight excluding hydrogens is 1160 g/mol. The number of aliphatic hydroxyl groups is 12. The summed E-state index contributed by atoms with van der Waals surface area (Å²) in [7, 11) is 0. The number of hydrogen-bond acceptors (Lipinski definition) is 16. The first-order valence-corrected chi connectivity index (χ1v) is 35.3. The first kappa shape index (κ1) is 72.5. The molecule has 8 heterocycles. The molecule has 512 valence electrons. The first-order valence-electron chi connectivity index (χ1n) is 35.3. The van der Waals surface area contributed by atoms with Crippen LogP contribution >= 0.6 is 0 Å². The summed E-state index contributed by atoms with van der Waals surface area (Å²) in [5.74, 6) is 3.88. The molecule has 0 bridgehead atoms.